The van der Waals surface area contributed by atoms with Gasteiger partial charge in [-0.25, -0.2) is 4.79 Å². The maximum absolute atomic E-state index is 12.9. The number of ketones is 1. The van der Waals surface area contributed by atoms with E-state index in [4.69, 9.17) is 9.84 Å². The molecule has 0 bridgehead atoms. The van der Waals surface area contributed by atoms with Crippen LogP contribution in [0.1, 0.15) is 54.2 Å². The van der Waals surface area contributed by atoms with Crippen LogP contribution in [0, 0.1) is 0 Å². The number of benzene rings is 2. The average Bonchev–Trinajstić information content (AvgIpc) is 3.26. The highest BCUT2D eigenvalue weighted by atomic mass is 16.5. The van der Waals surface area contributed by atoms with Gasteiger partial charge >= 0.3 is 5.97 Å². The van der Waals surface area contributed by atoms with Crippen LogP contribution >= 0.6 is 0 Å². The average molecular weight is 434 g/mol. The molecule has 3 rings (SSSR count). The molecule has 1 heterocycles. The Labute approximate surface area is 190 Å². The highest BCUT2D eigenvalue weighted by molar-refractivity contribution is 6.00. The lowest BCUT2D eigenvalue weighted by molar-refractivity contribution is -0.162. The molecule has 0 radical (unpaired) electrons. The van der Waals surface area contributed by atoms with Gasteiger partial charge in [0.05, 0.1) is 12.6 Å². The standard InChI is InChI=1S/C27H31NO4/c1-4-20-13-15-23(16-14-20)25(29)24-8-6-18-28(24)17-5-7-21-9-11-22(12-10-21)19-32-27(2,3)26(30)31/h5-7,9-16,18,24H,4,8,17,19H2,1-3H3,(H,30,31)/b7-5+. The van der Waals surface area contributed by atoms with Crippen LogP contribution in [0.3, 0.4) is 0 Å². The van der Waals surface area contributed by atoms with Gasteiger partial charge < -0.3 is 14.7 Å². The molecule has 5 nitrogen and oxygen atoms in total. The number of rotatable bonds is 10. The number of nitrogens with zero attached hydrogens (tertiary/aromatic N) is 1. The molecule has 2 aromatic carbocycles. The fourth-order valence-electron chi connectivity index (χ4n) is 3.47. The molecule has 0 spiro atoms. The van der Waals surface area contributed by atoms with Crippen LogP contribution in [-0.4, -0.2) is 39.9 Å². The van der Waals surface area contributed by atoms with E-state index in [0.29, 0.717) is 6.54 Å². The number of Topliss-reactive ketones (excluding diaryl/α,β-unsaturated/α-hetero) is 1. The van der Waals surface area contributed by atoms with Gasteiger partial charge in [0.25, 0.3) is 0 Å². The minimum atomic E-state index is -1.21. The first kappa shape index (κ1) is 23.5. The molecule has 0 aromatic heterocycles. The van der Waals surface area contributed by atoms with Gasteiger partial charge in [-0.05, 0) is 49.6 Å². The molecule has 168 valence electrons. The summed E-state index contributed by atoms with van der Waals surface area (Å²) in [6.45, 7) is 6.07. The largest absolute Gasteiger partial charge is 0.479 e. The van der Waals surface area contributed by atoms with Gasteiger partial charge in [-0.1, -0.05) is 73.7 Å². The van der Waals surface area contributed by atoms with Crippen LogP contribution in [0.5, 0.6) is 0 Å². The van der Waals surface area contributed by atoms with E-state index in [-0.39, 0.29) is 18.4 Å². The summed E-state index contributed by atoms with van der Waals surface area (Å²) in [5.74, 6) is -0.831. The number of aryl methyl sites for hydroxylation is 1. The van der Waals surface area contributed by atoms with Gasteiger partial charge in [0, 0.05) is 12.1 Å². The zero-order valence-corrected chi connectivity index (χ0v) is 19.0. The molecular formula is C27H31NO4. The molecule has 5 heteroatoms. The highest BCUT2D eigenvalue weighted by Crippen LogP contribution is 2.20. The molecule has 1 unspecified atom stereocenters. The van der Waals surface area contributed by atoms with E-state index < -0.39 is 11.6 Å². The van der Waals surface area contributed by atoms with Gasteiger partial charge in [-0.15, -0.1) is 0 Å². The molecule has 0 fully saturated rings. The Morgan fingerprint density at radius 3 is 2.38 bits per heavy atom. The lowest BCUT2D eigenvalue weighted by Crippen LogP contribution is -2.34. The molecular weight excluding hydrogens is 402 g/mol. The molecule has 0 aliphatic carbocycles. The Morgan fingerprint density at radius 1 is 1.09 bits per heavy atom. The van der Waals surface area contributed by atoms with Gasteiger partial charge in [0.1, 0.15) is 0 Å². The fourth-order valence-corrected chi connectivity index (χ4v) is 3.47. The summed E-state index contributed by atoms with van der Waals surface area (Å²) in [6, 6.07) is 15.5. The van der Waals surface area contributed by atoms with Gasteiger partial charge in [0.2, 0.25) is 0 Å². The first-order valence-electron chi connectivity index (χ1n) is 11.0. The zero-order valence-electron chi connectivity index (χ0n) is 19.0. The van der Waals surface area contributed by atoms with Gasteiger partial charge in [-0.2, -0.15) is 0 Å². The predicted octanol–water partition coefficient (Wildman–Crippen LogP) is 5.11. The maximum atomic E-state index is 12.9. The first-order valence-corrected chi connectivity index (χ1v) is 11.0. The molecule has 1 N–H and O–H groups in total. The summed E-state index contributed by atoms with van der Waals surface area (Å²) in [7, 11) is 0. The number of ether oxygens (including phenoxy) is 1. The topological polar surface area (TPSA) is 66.8 Å². The first-order chi connectivity index (χ1) is 15.3. The number of hydrogen-bond acceptors (Lipinski definition) is 4. The third-order valence-electron chi connectivity index (χ3n) is 5.73. The number of carbonyl (C=O) groups excluding carboxylic acids is 1. The van der Waals surface area contributed by atoms with Crippen LogP contribution in [0.4, 0.5) is 0 Å². The Kier molecular flexibility index (Phi) is 7.65. The normalized spacial score (nSPS) is 16.1. The van der Waals surface area contributed by atoms with Crippen molar-refractivity contribution < 1.29 is 19.4 Å². The Morgan fingerprint density at radius 2 is 1.75 bits per heavy atom. The minimum absolute atomic E-state index is 0.152. The second-order valence-corrected chi connectivity index (χ2v) is 8.50. The zero-order chi connectivity index (χ0) is 23.1. The Hall–Kier alpha value is -3.18. The van der Waals surface area contributed by atoms with Crippen molar-refractivity contribution in [3.8, 4) is 0 Å². The number of carbonyl (C=O) groups is 2. The van der Waals surface area contributed by atoms with Crippen LogP contribution in [0.15, 0.2) is 66.9 Å². The van der Waals surface area contributed by atoms with E-state index in [1.165, 1.54) is 19.4 Å². The quantitative estimate of drug-likeness (QED) is 0.527. The SMILES string of the molecule is CCc1ccc(C(=O)C2CC=CN2C/C=C/c2ccc(COC(C)(C)C(=O)O)cc2)cc1. The van der Waals surface area contributed by atoms with Crippen molar-refractivity contribution in [3.05, 3.63) is 89.1 Å². The second kappa shape index (κ2) is 10.4. The van der Waals surface area contributed by atoms with E-state index in [1.807, 2.05) is 66.9 Å². The molecule has 32 heavy (non-hydrogen) atoms. The summed E-state index contributed by atoms with van der Waals surface area (Å²) < 4.78 is 5.49. The fraction of sp³-hybridized carbons (Fsp3) is 0.333. The van der Waals surface area contributed by atoms with Crippen LogP contribution in [-0.2, 0) is 22.6 Å². The Balaban J connectivity index is 1.54. The lowest BCUT2D eigenvalue weighted by atomic mass is 10.0. The molecule has 1 aliphatic rings. The van der Waals surface area contributed by atoms with Crippen molar-refractivity contribution in [2.75, 3.05) is 6.54 Å². The molecule has 1 aliphatic heterocycles. The summed E-state index contributed by atoms with van der Waals surface area (Å²) in [6.07, 6.45) is 9.81. The van der Waals surface area contributed by atoms with Crippen molar-refractivity contribution in [1.29, 1.82) is 0 Å². The summed E-state index contributed by atoms with van der Waals surface area (Å²) in [4.78, 5) is 26.2. The predicted molar refractivity (Wildman–Crippen MR) is 126 cm³/mol. The van der Waals surface area contributed by atoms with Crippen molar-refractivity contribution in [1.82, 2.24) is 4.90 Å². The molecule has 0 saturated carbocycles. The number of carboxylic acid groups (broad SMARTS) is 1. The smallest absolute Gasteiger partial charge is 0.335 e. The van der Waals surface area contributed by atoms with Crippen LogP contribution < -0.4 is 0 Å². The molecule has 0 amide bonds. The van der Waals surface area contributed by atoms with Crippen molar-refractivity contribution in [2.45, 2.75) is 51.9 Å². The van der Waals surface area contributed by atoms with E-state index in [2.05, 4.69) is 17.9 Å². The lowest BCUT2D eigenvalue weighted by Gasteiger charge is -2.23. The molecule has 2 aromatic rings. The van der Waals surface area contributed by atoms with E-state index in [9.17, 15) is 9.59 Å². The van der Waals surface area contributed by atoms with Crippen molar-refractivity contribution in [3.63, 3.8) is 0 Å². The maximum Gasteiger partial charge on any atom is 0.335 e. The highest BCUT2D eigenvalue weighted by Gasteiger charge is 2.28. The van der Waals surface area contributed by atoms with E-state index >= 15 is 0 Å². The van der Waals surface area contributed by atoms with Crippen LogP contribution in [0.2, 0.25) is 0 Å². The third kappa shape index (κ3) is 5.95. The van der Waals surface area contributed by atoms with E-state index in [1.54, 1.807) is 0 Å². The van der Waals surface area contributed by atoms with E-state index in [0.717, 1.165) is 29.5 Å². The number of carboxylic acids is 1. The minimum Gasteiger partial charge on any atom is -0.479 e. The monoisotopic (exact) mass is 433 g/mol. The van der Waals surface area contributed by atoms with Gasteiger partial charge in [0.15, 0.2) is 11.4 Å². The summed E-state index contributed by atoms with van der Waals surface area (Å²) >= 11 is 0. The summed E-state index contributed by atoms with van der Waals surface area (Å²) in [5.41, 5.74) is 2.72. The second-order valence-electron chi connectivity index (χ2n) is 8.50. The molecule has 0 saturated heterocycles. The Bertz CT molecular complexity index is 987. The number of aliphatic carboxylic acids is 1. The van der Waals surface area contributed by atoms with Crippen molar-refractivity contribution >= 4 is 17.8 Å². The molecule has 1 atom stereocenters. The van der Waals surface area contributed by atoms with Crippen LogP contribution in [0.25, 0.3) is 6.08 Å². The van der Waals surface area contributed by atoms with Gasteiger partial charge in [-0.3, -0.25) is 4.79 Å². The summed E-state index contributed by atoms with van der Waals surface area (Å²) in [5, 5.41) is 9.13. The van der Waals surface area contributed by atoms with Crippen molar-refractivity contribution in [2.24, 2.45) is 0 Å². The third-order valence-corrected chi connectivity index (χ3v) is 5.73. The number of hydrogen-bond donors (Lipinski definition) is 1.